The third-order valence-corrected chi connectivity index (χ3v) is 4.58. The Hall–Kier alpha value is -3.21. The summed E-state index contributed by atoms with van der Waals surface area (Å²) >= 11 is 0. The topological polar surface area (TPSA) is 134 Å². The highest BCUT2D eigenvalue weighted by Crippen LogP contribution is 2.20. The Labute approximate surface area is 164 Å². The van der Waals surface area contributed by atoms with Crippen LogP contribution in [0.25, 0.3) is 11.1 Å². The maximum Gasteiger partial charge on any atom is 0.419 e. The molecule has 0 bridgehead atoms. The van der Waals surface area contributed by atoms with Crippen LogP contribution in [0.5, 0.6) is 0 Å². The van der Waals surface area contributed by atoms with Gasteiger partial charge in [-0.15, -0.1) is 0 Å². The Bertz CT molecular complexity index is 979. The van der Waals surface area contributed by atoms with Gasteiger partial charge in [0.15, 0.2) is 12.2 Å². The quantitative estimate of drug-likeness (QED) is 0.378. The molecule has 0 aliphatic carbocycles. The van der Waals surface area contributed by atoms with E-state index in [1.807, 2.05) is 6.92 Å². The van der Waals surface area contributed by atoms with Crippen LogP contribution in [0.2, 0.25) is 0 Å². The Morgan fingerprint density at radius 3 is 2.90 bits per heavy atom. The first-order valence-electron chi connectivity index (χ1n) is 9.18. The summed E-state index contributed by atoms with van der Waals surface area (Å²) in [6.45, 7) is 3.10. The van der Waals surface area contributed by atoms with Crippen LogP contribution in [0.15, 0.2) is 27.4 Å². The van der Waals surface area contributed by atoms with Crippen LogP contribution in [0.4, 0.5) is 5.69 Å². The molecule has 2 aromatic rings. The monoisotopic (exact) mass is 407 g/mol. The average molecular weight is 407 g/mol. The predicted molar refractivity (Wildman–Crippen MR) is 99.3 cm³/mol. The highest BCUT2D eigenvalue weighted by atomic mass is 16.6. The van der Waals surface area contributed by atoms with E-state index in [-0.39, 0.29) is 49.3 Å². The van der Waals surface area contributed by atoms with Crippen LogP contribution in [0, 0.1) is 10.1 Å². The van der Waals surface area contributed by atoms with Crippen molar-refractivity contribution in [2.24, 2.45) is 0 Å². The molecule has 11 nitrogen and oxygen atoms in total. The second-order valence-electron chi connectivity index (χ2n) is 6.71. The zero-order valence-electron chi connectivity index (χ0n) is 15.9. The lowest BCUT2D eigenvalue weighted by Crippen LogP contribution is -2.46. The number of nitrogens with zero attached hydrogens (tertiary/aromatic N) is 3. The average Bonchev–Trinajstić information content (AvgIpc) is 3.00. The number of aryl methyl sites for hydroxylation is 1. The van der Waals surface area contributed by atoms with Gasteiger partial charge in [0.25, 0.3) is 11.6 Å². The number of morpholine rings is 1. The molecule has 156 valence electrons. The summed E-state index contributed by atoms with van der Waals surface area (Å²) in [7, 11) is 0. The van der Waals surface area contributed by atoms with E-state index in [1.165, 1.54) is 22.8 Å². The van der Waals surface area contributed by atoms with Crippen molar-refractivity contribution < 1.29 is 28.4 Å². The number of amides is 1. The lowest BCUT2D eigenvalue weighted by atomic mass is 10.2. The number of oxazole rings is 1. The van der Waals surface area contributed by atoms with Crippen molar-refractivity contribution in [2.75, 3.05) is 26.3 Å². The summed E-state index contributed by atoms with van der Waals surface area (Å²) in [6.07, 6.45) is 0.249. The number of aromatic nitrogens is 1. The summed E-state index contributed by atoms with van der Waals surface area (Å²) in [4.78, 5) is 47.7. The van der Waals surface area contributed by atoms with Gasteiger partial charge in [-0.2, -0.15) is 0 Å². The van der Waals surface area contributed by atoms with Gasteiger partial charge >= 0.3 is 11.7 Å². The van der Waals surface area contributed by atoms with E-state index in [0.717, 1.165) is 0 Å². The van der Waals surface area contributed by atoms with E-state index in [1.54, 1.807) is 4.90 Å². The van der Waals surface area contributed by atoms with Crippen LogP contribution in [-0.2, 0) is 25.6 Å². The molecule has 0 saturated carbocycles. The number of carbonyl (C=O) groups is 2. The van der Waals surface area contributed by atoms with Gasteiger partial charge < -0.3 is 18.8 Å². The fourth-order valence-corrected chi connectivity index (χ4v) is 3.11. The summed E-state index contributed by atoms with van der Waals surface area (Å²) in [6, 6.07) is 3.89. The van der Waals surface area contributed by atoms with Crippen molar-refractivity contribution in [2.45, 2.75) is 32.4 Å². The number of benzene rings is 1. The van der Waals surface area contributed by atoms with E-state index >= 15 is 0 Å². The molecule has 1 fully saturated rings. The molecular formula is C18H21N3O8. The van der Waals surface area contributed by atoms with Gasteiger partial charge in [-0.25, -0.2) is 4.79 Å². The molecule has 1 atom stereocenters. The smallest absolute Gasteiger partial charge is 0.419 e. The minimum Gasteiger partial charge on any atom is -0.456 e. The van der Waals surface area contributed by atoms with Crippen molar-refractivity contribution in [3.8, 4) is 0 Å². The molecule has 1 amide bonds. The number of non-ortho nitro benzene ring substituents is 1. The molecule has 1 aromatic heterocycles. The molecule has 11 heteroatoms. The Kier molecular flexibility index (Phi) is 6.27. The predicted octanol–water partition coefficient (Wildman–Crippen LogP) is 1.07. The molecule has 1 aromatic carbocycles. The number of ether oxygens (including phenoxy) is 2. The number of fused-ring (bicyclic) bond motifs is 1. The molecule has 1 aliphatic heterocycles. The summed E-state index contributed by atoms with van der Waals surface area (Å²) in [5.74, 6) is -1.48. The van der Waals surface area contributed by atoms with Crippen LogP contribution in [0.3, 0.4) is 0 Å². The summed E-state index contributed by atoms with van der Waals surface area (Å²) in [5.41, 5.74) is 0.337. The SMILES string of the molecule is CC1CN(C(=O)COC(=O)CCCn2c(=O)oc3cc([N+](=O)[O-])ccc32)CCO1. The van der Waals surface area contributed by atoms with Crippen molar-refractivity contribution >= 4 is 28.7 Å². The van der Waals surface area contributed by atoms with Crippen LogP contribution in [-0.4, -0.2) is 58.7 Å². The van der Waals surface area contributed by atoms with Crippen LogP contribution >= 0.6 is 0 Å². The summed E-state index contributed by atoms with van der Waals surface area (Å²) < 4.78 is 16.7. The van der Waals surface area contributed by atoms with Gasteiger partial charge in [0.05, 0.1) is 29.2 Å². The lowest BCUT2D eigenvalue weighted by molar-refractivity contribution is -0.384. The van der Waals surface area contributed by atoms with Crippen molar-refractivity contribution in [1.29, 1.82) is 0 Å². The molecule has 1 unspecified atom stereocenters. The van der Waals surface area contributed by atoms with Gasteiger partial charge in [0.2, 0.25) is 0 Å². The molecule has 0 N–H and O–H groups in total. The van der Waals surface area contributed by atoms with Gasteiger partial charge in [-0.3, -0.25) is 24.3 Å². The highest BCUT2D eigenvalue weighted by Gasteiger charge is 2.22. The number of nitro groups is 1. The second kappa shape index (κ2) is 8.86. The molecular weight excluding hydrogens is 386 g/mol. The molecule has 29 heavy (non-hydrogen) atoms. The van der Waals surface area contributed by atoms with E-state index in [4.69, 9.17) is 13.9 Å². The van der Waals surface area contributed by atoms with Gasteiger partial charge in [0, 0.05) is 32.1 Å². The number of carbonyl (C=O) groups excluding carboxylic acids is 2. The number of hydrogen-bond acceptors (Lipinski definition) is 8. The fraction of sp³-hybridized carbons (Fsp3) is 0.500. The zero-order chi connectivity index (χ0) is 21.0. The second-order valence-corrected chi connectivity index (χ2v) is 6.71. The molecule has 2 heterocycles. The minimum atomic E-state index is -0.662. The van der Waals surface area contributed by atoms with Crippen LogP contribution < -0.4 is 5.76 Å². The van der Waals surface area contributed by atoms with Crippen molar-refractivity contribution in [3.63, 3.8) is 0 Å². The van der Waals surface area contributed by atoms with Crippen molar-refractivity contribution in [1.82, 2.24) is 9.47 Å². The zero-order valence-corrected chi connectivity index (χ0v) is 15.9. The Morgan fingerprint density at radius 1 is 1.38 bits per heavy atom. The number of esters is 1. The summed E-state index contributed by atoms with van der Waals surface area (Å²) in [5, 5.41) is 10.8. The lowest BCUT2D eigenvalue weighted by Gasteiger charge is -2.30. The normalized spacial score (nSPS) is 16.7. The largest absolute Gasteiger partial charge is 0.456 e. The van der Waals surface area contributed by atoms with E-state index in [0.29, 0.717) is 25.2 Å². The van der Waals surface area contributed by atoms with E-state index in [9.17, 15) is 24.5 Å². The molecule has 3 rings (SSSR count). The number of nitro benzene ring substituents is 1. The molecule has 1 aliphatic rings. The number of rotatable bonds is 7. The number of hydrogen-bond donors (Lipinski definition) is 0. The highest BCUT2D eigenvalue weighted by molar-refractivity contribution is 5.80. The minimum absolute atomic E-state index is 0.0128. The maximum atomic E-state index is 12.1. The van der Waals surface area contributed by atoms with Crippen LogP contribution in [0.1, 0.15) is 19.8 Å². The van der Waals surface area contributed by atoms with Crippen molar-refractivity contribution in [3.05, 3.63) is 38.9 Å². The van der Waals surface area contributed by atoms with Gasteiger partial charge in [-0.1, -0.05) is 0 Å². The van der Waals surface area contributed by atoms with Gasteiger partial charge in [0.1, 0.15) is 0 Å². The first-order valence-corrected chi connectivity index (χ1v) is 9.18. The maximum absolute atomic E-state index is 12.1. The van der Waals surface area contributed by atoms with E-state index < -0.39 is 16.6 Å². The Balaban J connectivity index is 1.49. The Morgan fingerprint density at radius 2 is 2.17 bits per heavy atom. The third kappa shape index (κ3) is 4.99. The first kappa shape index (κ1) is 20.5. The molecule has 1 saturated heterocycles. The standard InChI is InChI=1S/C18H21N3O8/c1-12-10-19(7-8-27-12)16(22)11-28-17(23)3-2-6-20-14-5-4-13(21(25)26)9-15(14)29-18(20)24/h4-5,9,12H,2-3,6-8,10-11H2,1H3. The first-order chi connectivity index (χ1) is 13.8. The van der Waals surface area contributed by atoms with Gasteiger partial charge in [-0.05, 0) is 19.4 Å². The third-order valence-electron chi connectivity index (χ3n) is 4.58. The van der Waals surface area contributed by atoms with E-state index in [2.05, 4.69) is 0 Å². The fourth-order valence-electron chi connectivity index (χ4n) is 3.11. The molecule has 0 spiro atoms. The molecule has 0 radical (unpaired) electrons.